The van der Waals surface area contributed by atoms with Crippen molar-refractivity contribution in [3.63, 3.8) is 0 Å². The number of nitrogens with one attached hydrogen (secondary N) is 1. The number of hydrogen-bond donors (Lipinski definition) is 2. The zero-order valence-corrected chi connectivity index (χ0v) is 10.1. The zero-order valence-electron chi connectivity index (χ0n) is 8.56. The molecule has 2 rings (SSSR count). The molecule has 1 heterocycles. The summed E-state index contributed by atoms with van der Waals surface area (Å²) >= 11 is 11.4. The summed E-state index contributed by atoms with van der Waals surface area (Å²) in [7, 11) is 0. The quantitative estimate of drug-likeness (QED) is 0.897. The molecule has 0 fully saturated rings. The molecular formula is C10H8Cl2N4O. The van der Waals surface area contributed by atoms with Gasteiger partial charge in [-0.2, -0.15) is 4.98 Å². The minimum atomic E-state index is 0.00850. The van der Waals surface area contributed by atoms with E-state index in [1.807, 2.05) is 6.07 Å². The highest BCUT2D eigenvalue weighted by Crippen LogP contribution is 2.20. The molecule has 0 atom stereocenters. The van der Waals surface area contributed by atoms with Crippen molar-refractivity contribution in [3.05, 3.63) is 40.3 Å². The summed E-state index contributed by atoms with van der Waals surface area (Å²) in [6, 6.07) is 6.95. The molecule has 2 N–H and O–H groups in total. The van der Waals surface area contributed by atoms with E-state index in [2.05, 4.69) is 20.5 Å². The maximum Gasteiger partial charge on any atom is 0.245 e. The number of nitrogens with zero attached hydrogens (tertiary/aromatic N) is 3. The summed E-state index contributed by atoms with van der Waals surface area (Å²) in [5, 5.41) is 19.7. The van der Waals surface area contributed by atoms with Crippen LogP contribution in [-0.2, 0) is 6.54 Å². The number of halogens is 2. The van der Waals surface area contributed by atoms with Gasteiger partial charge in [0, 0.05) is 12.1 Å². The van der Waals surface area contributed by atoms with Crippen molar-refractivity contribution in [1.82, 2.24) is 15.2 Å². The first-order valence-corrected chi connectivity index (χ1v) is 5.49. The van der Waals surface area contributed by atoms with Gasteiger partial charge >= 0.3 is 0 Å². The third kappa shape index (κ3) is 2.95. The van der Waals surface area contributed by atoms with Gasteiger partial charge in [-0.05, 0) is 17.7 Å². The minimum Gasteiger partial charge on any atom is -0.508 e. The monoisotopic (exact) mass is 270 g/mol. The van der Waals surface area contributed by atoms with Crippen molar-refractivity contribution < 1.29 is 5.11 Å². The predicted octanol–water partition coefficient (Wildman–Crippen LogP) is 2.50. The highest BCUT2D eigenvalue weighted by molar-refractivity contribution is 6.32. The maximum absolute atomic E-state index is 9.56. The van der Waals surface area contributed by atoms with Crippen LogP contribution >= 0.6 is 23.2 Å². The Morgan fingerprint density at radius 1 is 1.18 bits per heavy atom. The first kappa shape index (κ1) is 11.9. The molecule has 0 aliphatic carbocycles. The van der Waals surface area contributed by atoms with Crippen LogP contribution < -0.4 is 5.32 Å². The third-order valence-corrected chi connectivity index (χ3v) is 2.47. The Bertz CT molecular complexity index is 535. The number of para-hydroxylation sites is 1. The molecule has 7 heteroatoms. The van der Waals surface area contributed by atoms with Gasteiger partial charge in [-0.1, -0.05) is 29.8 Å². The minimum absolute atomic E-state index is 0.00850. The smallest absolute Gasteiger partial charge is 0.245 e. The summed E-state index contributed by atoms with van der Waals surface area (Å²) < 4.78 is 0. The van der Waals surface area contributed by atoms with Gasteiger partial charge in [-0.3, -0.25) is 0 Å². The lowest BCUT2D eigenvalue weighted by Gasteiger charge is -2.07. The van der Waals surface area contributed by atoms with Gasteiger partial charge in [0.05, 0.1) is 0 Å². The van der Waals surface area contributed by atoms with Crippen LogP contribution in [0.25, 0.3) is 0 Å². The van der Waals surface area contributed by atoms with Crippen LogP contribution in [0.2, 0.25) is 10.4 Å². The van der Waals surface area contributed by atoms with Gasteiger partial charge in [0.2, 0.25) is 5.28 Å². The number of phenolic OH excluding ortho intramolecular Hbond substituents is 1. The van der Waals surface area contributed by atoms with Crippen LogP contribution in [0, 0.1) is 0 Å². The molecule has 0 unspecified atom stereocenters. The van der Waals surface area contributed by atoms with Crippen molar-refractivity contribution in [3.8, 4) is 5.75 Å². The lowest BCUT2D eigenvalue weighted by Crippen LogP contribution is -2.04. The molecule has 0 bridgehead atoms. The second kappa shape index (κ2) is 5.16. The maximum atomic E-state index is 9.56. The van der Waals surface area contributed by atoms with Gasteiger partial charge in [-0.15, -0.1) is 10.2 Å². The van der Waals surface area contributed by atoms with Gasteiger partial charge in [0.15, 0.2) is 11.0 Å². The normalized spacial score (nSPS) is 10.2. The summed E-state index contributed by atoms with van der Waals surface area (Å²) in [5.41, 5.74) is 0.721. The Hall–Kier alpha value is -1.59. The summed E-state index contributed by atoms with van der Waals surface area (Å²) in [6.07, 6.45) is 0. The van der Waals surface area contributed by atoms with Gasteiger partial charge in [-0.25, -0.2) is 0 Å². The largest absolute Gasteiger partial charge is 0.508 e. The fourth-order valence-electron chi connectivity index (χ4n) is 1.24. The van der Waals surface area contributed by atoms with Crippen LogP contribution in [0.15, 0.2) is 24.3 Å². The molecule has 0 saturated heterocycles. The summed E-state index contributed by atoms with van der Waals surface area (Å²) in [5.74, 6) is 0.527. The molecular weight excluding hydrogens is 263 g/mol. The van der Waals surface area contributed by atoms with E-state index in [4.69, 9.17) is 23.2 Å². The molecule has 17 heavy (non-hydrogen) atoms. The topological polar surface area (TPSA) is 70.9 Å². The SMILES string of the molecule is Oc1ccccc1CNc1nc(Cl)nnc1Cl. The van der Waals surface area contributed by atoms with E-state index in [1.165, 1.54) is 0 Å². The van der Waals surface area contributed by atoms with Crippen LogP contribution in [0.5, 0.6) is 5.75 Å². The second-order valence-electron chi connectivity index (χ2n) is 3.20. The number of anilines is 1. The van der Waals surface area contributed by atoms with E-state index in [0.717, 1.165) is 5.56 Å². The van der Waals surface area contributed by atoms with Crippen molar-refractivity contribution in [2.24, 2.45) is 0 Å². The highest BCUT2D eigenvalue weighted by atomic mass is 35.5. The van der Waals surface area contributed by atoms with Gasteiger partial charge in [0.25, 0.3) is 0 Å². The van der Waals surface area contributed by atoms with Crippen LogP contribution in [0.1, 0.15) is 5.56 Å². The second-order valence-corrected chi connectivity index (χ2v) is 3.90. The predicted molar refractivity (Wildman–Crippen MR) is 65.3 cm³/mol. The van der Waals surface area contributed by atoms with Crippen molar-refractivity contribution in [2.75, 3.05) is 5.32 Å². The van der Waals surface area contributed by atoms with E-state index in [1.54, 1.807) is 18.2 Å². The first-order valence-electron chi connectivity index (χ1n) is 4.73. The van der Waals surface area contributed by atoms with E-state index in [-0.39, 0.29) is 16.2 Å². The first-order chi connectivity index (χ1) is 8.16. The molecule has 0 saturated carbocycles. The van der Waals surface area contributed by atoms with Crippen LogP contribution in [0.4, 0.5) is 5.82 Å². The highest BCUT2D eigenvalue weighted by Gasteiger charge is 2.06. The van der Waals surface area contributed by atoms with Crippen molar-refractivity contribution in [2.45, 2.75) is 6.54 Å². The Kier molecular flexibility index (Phi) is 3.61. The molecule has 1 aromatic carbocycles. The average Bonchev–Trinajstić information content (AvgIpc) is 2.32. The Morgan fingerprint density at radius 2 is 1.94 bits per heavy atom. The summed E-state index contributed by atoms with van der Waals surface area (Å²) in [6.45, 7) is 0.363. The third-order valence-electron chi connectivity index (χ3n) is 2.06. The molecule has 88 valence electrons. The fourth-order valence-corrected chi connectivity index (χ4v) is 1.51. The molecule has 1 aromatic heterocycles. The molecule has 2 aromatic rings. The number of aromatic hydroxyl groups is 1. The Balaban J connectivity index is 2.12. The molecule has 5 nitrogen and oxygen atoms in total. The van der Waals surface area contributed by atoms with Gasteiger partial charge in [0.1, 0.15) is 5.75 Å². The van der Waals surface area contributed by atoms with Crippen LogP contribution in [-0.4, -0.2) is 20.3 Å². The fraction of sp³-hybridized carbons (Fsp3) is 0.100. The average molecular weight is 271 g/mol. The number of aromatic nitrogens is 3. The Labute approximate surface area is 107 Å². The molecule has 0 spiro atoms. The zero-order chi connectivity index (χ0) is 12.3. The molecule has 0 radical (unpaired) electrons. The lowest BCUT2D eigenvalue weighted by atomic mass is 10.2. The number of rotatable bonds is 3. The number of benzene rings is 1. The standard InChI is InChI=1S/C10H8Cl2N4O/c11-8-9(14-10(12)16-15-8)13-5-6-3-1-2-4-7(6)17/h1-4,17H,5H2,(H,13,14,16). The molecule has 0 amide bonds. The molecule has 0 aliphatic rings. The number of hydrogen-bond acceptors (Lipinski definition) is 5. The molecule has 0 aliphatic heterocycles. The van der Waals surface area contributed by atoms with Crippen molar-refractivity contribution in [1.29, 1.82) is 0 Å². The van der Waals surface area contributed by atoms with E-state index < -0.39 is 0 Å². The lowest BCUT2D eigenvalue weighted by molar-refractivity contribution is 0.469. The van der Waals surface area contributed by atoms with E-state index in [0.29, 0.717) is 12.4 Å². The van der Waals surface area contributed by atoms with Crippen LogP contribution in [0.3, 0.4) is 0 Å². The van der Waals surface area contributed by atoms with E-state index in [9.17, 15) is 5.11 Å². The van der Waals surface area contributed by atoms with Gasteiger partial charge < -0.3 is 10.4 Å². The van der Waals surface area contributed by atoms with Crippen molar-refractivity contribution >= 4 is 29.0 Å². The van der Waals surface area contributed by atoms with E-state index >= 15 is 0 Å². The summed E-state index contributed by atoms with van der Waals surface area (Å²) in [4.78, 5) is 3.88. The number of phenols is 1. The Morgan fingerprint density at radius 3 is 2.71 bits per heavy atom.